The number of hydrogen-bond acceptors (Lipinski definition) is 7. The van der Waals surface area contributed by atoms with Crippen molar-refractivity contribution < 1.29 is 4.63 Å². The molecule has 0 bridgehead atoms. The number of aryl methyl sites for hydroxylation is 1. The third-order valence-corrected chi connectivity index (χ3v) is 4.72. The van der Waals surface area contributed by atoms with Gasteiger partial charge >= 0.3 is 0 Å². The van der Waals surface area contributed by atoms with Crippen LogP contribution in [0.15, 0.2) is 26.8 Å². The fourth-order valence-corrected chi connectivity index (χ4v) is 3.53. The number of nitrogens with two attached hydrogens (primary N) is 1. The lowest BCUT2D eigenvalue weighted by Gasteiger charge is -2.06. The Morgan fingerprint density at radius 3 is 2.95 bits per heavy atom. The lowest BCUT2D eigenvalue weighted by Crippen LogP contribution is -2.02. The molecular formula is C13H14N6OS. The van der Waals surface area contributed by atoms with Gasteiger partial charge in [0.15, 0.2) is 16.2 Å². The van der Waals surface area contributed by atoms with Crippen LogP contribution in [0.4, 0.5) is 5.69 Å². The fraction of sp³-hybridized carbons (Fsp3) is 0.385. The molecule has 3 heterocycles. The molecule has 0 unspecified atom stereocenters. The van der Waals surface area contributed by atoms with E-state index in [1.807, 2.05) is 12.1 Å². The first kappa shape index (κ1) is 12.6. The van der Waals surface area contributed by atoms with Crippen LogP contribution in [0, 0.1) is 0 Å². The van der Waals surface area contributed by atoms with E-state index in [1.54, 1.807) is 0 Å². The van der Waals surface area contributed by atoms with E-state index in [2.05, 4.69) is 25.1 Å². The van der Waals surface area contributed by atoms with E-state index in [0.717, 1.165) is 28.8 Å². The van der Waals surface area contributed by atoms with Crippen LogP contribution in [0.2, 0.25) is 0 Å². The van der Waals surface area contributed by atoms with Crippen molar-refractivity contribution in [1.29, 1.82) is 0 Å². The highest BCUT2D eigenvalue weighted by atomic mass is 32.2. The Bertz CT molecular complexity index is 795. The van der Waals surface area contributed by atoms with Crippen molar-refractivity contribution in [1.82, 2.24) is 25.1 Å². The highest BCUT2D eigenvalue weighted by Gasteiger charge is 2.18. The van der Waals surface area contributed by atoms with Crippen molar-refractivity contribution >= 4 is 28.5 Å². The Morgan fingerprint density at radius 2 is 2.00 bits per heavy atom. The van der Waals surface area contributed by atoms with E-state index in [4.69, 9.17) is 10.4 Å². The van der Waals surface area contributed by atoms with Gasteiger partial charge in [0, 0.05) is 17.9 Å². The van der Waals surface area contributed by atoms with Crippen LogP contribution in [0.5, 0.6) is 0 Å². The summed E-state index contributed by atoms with van der Waals surface area (Å²) >= 11 is 1.53. The molecule has 7 nitrogen and oxygen atoms in total. The minimum absolute atomic E-state index is 0.565. The minimum atomic E-state index is 0.565. The first-order chi connectivity index (χ1) is 10.3. The van der Waals surface area contributed by atoms with Gasteiger partial charge in [-0.25, -0.2) is 4.63 Å². The minimum Gasteiger partial charge on any atom is -0.397 e. The first-order valence-electron chi connectivity index (χ1n) is 6.93. The van der Waals surface area contributed by atoms with E-state index in [9.17, 15) is 0 Å². The number of anilines is 1. The summed E-state index contributed by atoms with van der Waals surface area (Å²) in [6, 6.07) is 3.74. The second-order valence-electron chi connectivity index (χ2n) is 5.08. The predicted molar refractivity (Wildman–Crippen MR) is 77.9 cm³/mol. The van der Waals surface area contributed by atoms with Crippen LogP contribution in [0.1, 0.15) is 25.1 Å². The third-order valence-electron chi connectivity index (χ3n) is 3.69. The van der Waals surface area contributed by atoms with Crippen LogP contribution in [-0.4, -0.2) is 25.1 Å². The van der Waals surface area contributed by atoms with Gasteiger partial charge in [-0.05, 0) is 47.0 Å². The number of aromatic nitrogens is 5. The molecule has 1 aliphatic rings. The summed E-state index contributed by atoms with van der Waals surface area (Å²) < 4.78 is 7.00. The van der Waals surface area contributed by atoms with Gasteiger partial charge in [0.1, 0.15) is 5.82 Å². The molecule has 0 saturated carbocycles. The molecule has 0 atom stereocenters. The second kappa shape index (κ2) is 5.03. The summed E-state index contributed by atoms with van der Waals surface area (Å²) in [4.78, 5) is 0.930. The first-order valence-corrected chi connectivity index (χ1v) is 7.75. The van der Waals surface area contributed by atoms with Gasteiger partial charge in [-0.15, -0.1) is 10.2 Å². The normalized spacial score (nSPS) is 15.0. The number of nitrogen functional groups attached to an aromatic ring is 1. The van der Waals surface area contributed by atoms with Gasteiger partial charge in [-0.2, -0.15) is 0 Å². The number of benzene rings is 1. The van der Waals surface area contributed by atoms with Crippen LogP contribution < -0.4 is 5.73 Å². The highest BCUT2D eigenvalue weighted by molar-refractivity contribution is 7.99. The predicted octanol–water partition coefficient (Wildman–Crippen LogP) is 2.27. The second-order valence-corrected chi connectivity index (χ2v) is 6.09. The molecule has 0 aliphatic carbocycles. The highest BCUT2D eigenvalue weighted by Crippen LogP contribution is 2.34. The molecule has 21 heavy (non-hydrogen) atoms. The van der Waals surface area contributed by atoms with Gasteiger partial charge in [0.05, 0.1) is 5.69 Å². The van der Waals surface area contributed by atoms with Crippen LogP contribution in [-0.2, 0) is 13.0 Å². The quantitative estimate of drug-likeness (QED) is 0.725. The Kier molecular flexibility index (Phi) is 3.03. The lowest BCUT2D eigenvalue weighted by molar-refractivity contribution is 0.315. The van der Waals surface area contributed by atoms with E-state index in [-0.39, 0.29) is 0 Å². The Hall–Kier alpha value is -2.09. The van der Waals surface area contributed by atoms with Gasteiger partial charge in [-0.3, -0.25) is 0 Å². The largest absolute Gasteiger partial charge is 0.397 e. The summed E-state index contributed by atoms with van der Waals surface area (Å²) in [5.41, 5.74) is 7.70. The smallest absolute Gasteiger partial charge is 0.196 e. The maximum Gasteiger partial charge on any atom is 0.196 e. The van der Waals surface area contributed by atoms with Crippen LogP contribution in [0.3, 0.4) is 0 Å². The van der Waals surface area contributed by atoms with Crippen LogP contribution in [0.25, 0.3) is 11.0 Å². The topological polar surface area (TPSA) is 95.7 Å². The monoisotopic (exact) mass is 302 g/mol. The van der Waals surface area contributed by atoms with Crippen molar-refractivity contribution in [3.8, 4) is 0 Å². The zero-order valence-electron chi connectivity index (χ0n) is 11.3. The molecular weight excluding hydrogens is 288 g/mol. The van der Waals surface area contributed by atoms with E-state index in [1.165, 1.54) is 31.0 Å². The van der Waals surface area contributed by atoms with Gasteiger partial charge in [-0.1, -0.05) is 6.42 Å². The van der Waals surface area contributed by atoms with E-state index in [0.29, 0.717) is 16.7 Å². The molecule has 2 aromatic heterocycles. The van der Waals surface area contributed by atoms with Crippen molar-refractivity contribution in [3.05, 3.63) is 18.0 Å². The van der Waals surface area contributed by atoms with Gasteiger partial charge in [0.25, 0.3) is 0 Å². The van der Waals surface area contributed by atoms with E-state index < -0.39 is 0 Å². The molecule has 8 heteroatoms. The summed E-state index contributed by atoms with van der Waals surface area (Å²) in [5.74, 6) is 1.07. The van der Waals surface area contributed by atoms with Crippen LogP contribution >= 0.6 is 11.8 Å². The summed E-state index contributed by atoms with van der Waals surface area (Å²) in [5, 5.41) is 17.3. The Balaban J connectivity index is 1.74. The average molecular weight is 302 g/mol. The SMILES string of the molecule is Nc1ccc(Sc2nnc3n2CCCCC3)c2nonc12. The summed E-state index contributed by atoms with van der Waals surface area (Å²) in [6.45, 7) is 0.972. The van der Waals surface area contributed by atoms with E-state index >= 15 is 0 Å². The van der Waals surface area contributed by atoms with Crippen molar-refractivity contribution in [2.45, 2.75) is 42.3 Å². The number of fused-ring (bicyclic) bond motifs is 2. The van der Waals surface area contributed by atoms with Gasteiger partial charge < -0.3 is 10.3 Å². The zero-order chi connectivity index (χ0) is 14.2. The molecule has 0 spiro atoms. The molecule has 0 fully saturated rings. The molecule has 0 radical (unpaired) electrons. The standard InChI is InChI=1S/C13H14N6OS/c14-8-5-6-9(12-11(8)17-20-18-12)21-13-16-15-10-4-2-1-3-7-19(10)13/h5-6H,1-4,7,14H2. The Morgan fingerprint density at radius 1 is 1.10 bits per heavy atom. The van der Waals surface area contributed by atoms with Crippen molar-refractivity contribution in [2.24, 2.45) is 0 Å². The molecule has 1 aliphatic heterocycles. The third kappa shape index (κ3) is 2.15. The molecule has 4 rings (SSSR count). The number of rotatable bonds is 2. The lowest BCUT2D eigenvalue weighted by atomic mass is 10.2. The zero-order valence-corrected chi connectivity index (χ0v) is 12.1. The number of nitrogens with zero attached hydrogens (tertiary/aromatic N) is 5. The summed E-state index contributed by atoms with van der Waals surface area (Å²) in [7, 11) is 0. The van der Waals surface area contributed by atoms with Crippen molar-refractivity contribution in [3.63, 3.8) is 0 Å². The molecule has 2 N–H and O–H groups in total. The molecule has 3 aromatic rings. The number of hydrogen-bond donors (Lipinski definition) is 1. The molecule has 1 aromatic carbocycles. The Labute approximate surface area is 124 Å². The summed E-state index contributed by atoms with van der Waals surface area (Å²) in [6.07, 6.45) is 4.59. The molecule has 0 amide bonds. The molecule has 108 valence electrons. The maximum atomic E-state index is 5.87. The molecule has 0 saturated heterocycles. The maximum absolute atomic E-state index is 5.87. The van der Waals surface area contributed by atoms with Crippen molar-refractivity contribution in [2.75, 3.05) is 5.73 Å². The fourth-order valence-electron chi connectivity index (χ4n) is 2.58. The van der Waals surface area contributed by atoms with Gasteiger partial charge in [0.2, 0.25) is 0 Å². The average Bonchev–Trinajstić information content (AvgIpc) is 3.05.